The molecule has 0 aromatic heterocycles. The first kappa shape index (κ1) is 27.6. The summed E-state index contributed by atoms with van der Waals surface area (Å²) in [5.74, 6) is -0.234. The van der Waals surface area contributed by atoms with Gasteiger partial charge in [-0.2, -0.15) is 0 Å². The zero-order valence-electron chi connectivity index (χ0n) is 21.7. The Morgan fingerprint density at radius 3 is 2.53 bits per heavy atom. The SMILES string of the molecule is CN(c1cc(CCC2CC2)cc(C(=O)N[C@@H](Cc2ccccc2)[C@@H](O)C(=O)NC2=NCCN2)c1)S(C)(=O)=O. The molecule has 0 unspecified atom stereocenters. The van der Waals surface area contributed by atoms with Crippen LogP contribution in [-0.2, 0) is 27.7 Å². The summed E-state index contributed by atoms with van der Waals surface area (Å²) in [5.41, 5.74) is 2.33. The third-order valence-electron chi connectivity index (χ3n) is 6.82. The molecule has 4 N–H and O–H groups in total. The first-order valence-corrected chi connectivity index (χ1v) is 14.6. The molecule has 1 heterocycles. The molecule has 1 aliphatic heterocycles. The summed E-state index contributed by atoms with van der Waals surface area (Å²) in [6.07, 6.45) is 3.85. The number of benzene rings is 2. The Hall–Kier alpha value is -3.44. The Labute approximate surface area is 223 Å². The van der Waals surface area contributed by atoms with E-state index in [4.69, 9.17) is 0 Å². The lowest BCUT2D eigenvalue weighted by atomic mass is 9.99. The van der Waals surface area contributed by atoms with Gasteiger partial charge in [-0.3, -0.25) is 24.2 Å². The summed E-state index contributed by atoms with van der Waals surface area (Å²) in [6, 6.07) is 13.4. The third-order valence-corrected chi connectivity index (χ3v) is 8.03. The highest BCUT2D eigenvalue weighted by atomic mass is 32.2. The summed E-state index contributed by atoms with van der Waals surface area (Å²) in [5, 5.41) is 19.3. The molecule has 1 aliphatic carbocycles. The first-order chi connectivity index (χ1) is 18.1. The van der Waals surface area contributed by atoms with Crippen LogP contribution in [0.1, 0.15) is 40.7 Å². The Bertz CT molecular complexity index is 1290. The van der Waals surface area contributed by atoms with Crippen molar-refractivity contribution in [3.8, 4) is 0 Å². The molecule has 0 bridgehead atoms. The number of carbonyl (C=O) groups is 2. The van der Waals surface area contributed by atoms with Crippen LogP contribution in [-0.4, -0.2) is 69.8 Å². The van der Waals surface area contributed by atoms with E-state index >= 15 is 0 Å². The molecule has 0 spiro atoms. The maximum Gasteiger partial charge on any atom is 0.257 e. The summed E-state index contributed by atoms with van der Waals surface area (Å²) in [4.78, 5) is 30.4. The van der Waals surface area contributed by atoms with Crippen molar-refractivity contribution in [1.29, 1.82) is 0 Å². The number of rotatable bonds is 11. The summed E-state index contributed by atoms with van der Waals surface area (Å²) >= 11 is 0. The topological polar surface area (TPSA) is 140 Å². The number of aryl methyl sites for hydroxylation is 1. The van der Waals surface area contributed by atoms with E-state index in [1.165, 1.54) is 26.0 Å². The molecule has 204 valence electrons. The van der Waals surface area contributed by atoms with Crippen LogP contribution in [0.5, 0.6) is 0 Å². The summed E-state index contributed by atoms with van der Waals surface area (Å²) in [6.45, 7) is 1.12. The van der Waals surface area contributed by atoms with Crippen LogP contribution in [0.2, 0.25) is 0 Å². The molecule has 2 aromatic carbocycles. The zero-order valence-corrected chi connectivity index (χ0v) is 22.5. The first-order valence-electron chi connectivity index (χ1n) is 12.8. The molecule has 4 rings (SSSR count). The Morgan fingerprint density at radius 2 is 1.89 bits per heavy atom. The average Bonchev–Trinajstić information content (AvgIpc) is 3.59. The Balaban J connectivity index is 1.58. The van der Waals surface area contributed by atoms with Crippen molar-refractivity contribution >= 4 is 33.5 Å². The van der Waals surface area contributed by atoms with E-state index in [0.717, 1.165) is 34.5 Å². The number of aliphatic hydroxyl groups excluding tert-OH is 1. The molecule has 1 saturated carbocycles. The zero-order chi connectivity index (χ0) is 27.3. The molecule has 1 fully saturated rings. The lowest BCUT2D eigenvalue weighted by Gasteiger charge is -2.24. The van der Waals surface area contributed by atoms with Crippen molar-refractivity contribution in [2.24, 2.45) is 10.9 Å². The second-order valence-corrected chi connectivity index (χ2v) is 12.0. The second kappa shape index (κ2) is 12.0. The predicted octanol–water partition coefficient (Wildman–Crippen LogP) is 1.20. The number of anilines is 1. The van der Waals surface area contributed by atoms with Gasteiger partial charge in [0.2, 0.25) is 10.0 Å². The fourth-order valence-corrected chi connectivity index (χ4v) is 4.80. The Kier molecular flexibility index (Phi) is 8.68. The number of aliphatic hydroxyl groups is 1. The van der Waals surface area contributed by atoms with Crippen molar-refractivity contribution in [1.82, 2.24) is 16.0 Å². The van der Waals surface area contributed by atoms with Gasteiger partial charge in [-0.15, -0.1) is 0 Å². The van der Waals surface area contributed by atoms with Crippen molar-refractivity contribution in [3.63, 3.8) is 0 Å². The van der Waals surface area contributed by atoms with Gasteiger partial charge in [0, 0.05) is 19.2 Å². The monoisotopic (exact) mass is 541 g/mol. The number of nitrogens with one attached hydrogen (secondary N) is 3. The standard InChI is InChI=1S/C27H35N5O5S/c1-32(38(2,36)37)22-15-20(11-10-18-8-9-18)14-21(17-22)25(34)30-23(16-19-6-4-3-5-7-19)24(33)26(35)31-27-28-12-13-29-27/h3-7,14-15,17-18,23-24,33H,8-13,16H2,1-2H3,(H,30,34)(H2,28,29,31,35)/t23-,24+/m0/s1. The number of nitrogens with zero attached hydrogens (tertiary/aromatic N) is 2. The lowest BCUT2D eigenvalue weighted by molar-refractivity contribution is -0.129. The molecule has 11 heteroatoms. The predicted molar refractivity (Wildman–Crippen MR) is 147 cm³/mol. The van der Waals surface area contributed by atoms with Crippen LogP contribution in [0.25, 0.3) is 0 Å². The van der Waals surface area contributed by atoms with Gasteiger partial charge < -0.3 is 15.7 Å². The van der Waals surface area contributed by atoms with Gasteiger partial charge in [0.1, 0.15) is 0 Å². The highest BCUT2D eigenvalue weighted by Crippen LogP contribution is 2.34. The van der Waals surface area contributed by atoms with Crippen molar-refractivity contribution in [3.05, 3.63) is 65.2 Å². The van der Waals surface area contributed by atoms with Gasteiger partial charge >= 0.3 is 0 Å². The van der Waals surface area contributed by atoms with E-state index in [9.17, 15) is 23.1 Å². The van der Waals surface area contributed by atoms with Crippen LogP contribution in [0.4, 0.5) is 5.69 Å². The minimum absolute atomic E-state index is 0.207. The number of hydrogen-bond donors (Lipinski definition) is 4. The van der Waals surface area contributed by atoms with Crippen molar-refractivity contribution < 1.29 is 23.1 Å². The van der Waals surface area contributed by atoms with E-state index < -0.39 is 34.0 Å². The van der Waals surface area contributed by atoms with Crippen LogP contribution < -0.4 is 20.3 Å². The Morgan fingerprint density at radius 1 is 1.16 bits per heavy atom. The fraction of sp³-hybridized carbons (Fsp3) is 0.444. The highest BCUT2D eigenvalue weighted by Gasteiger charge is 2.30. The third kappa shape index (κ3) is 7.55. The van der Waals surface area contributed by atoms with E-state index in [-0.39, 0.29) is 17.9 Å². The van der Waals surface area contributed by atoms with Crippen LogP contribution in [0.3, 0.4) is 0 Å². The van der Waals surface area contributed by atoms with Gasteiger partial charge in [-0.1, -0.05) is 43.2 Å². The van der Waals surface area contributed by atoms with Gasteiger partial charge in [-0.25, -0.2) is 8.42 Å². The normalized spacial score (nSPS) is 16.7. The van der Waals surface area contributed by atoms with E-state index in [1.54, 1.807) is 12.1 Å². The molecule has 0 radical (unpaired) electrons. The smallest absolute Gasteiger partial charge is 0.257 e. The summed E-state index contributed by atoms with van der Waals surface area (Å²) in [7, 11) is -2.09. The minimum Gasteiger partial charge on any atom is -0.381 e. The number of hydrogen-bond acceptors (Lipinski definition) is 7. The van der Waals surface area contributed by atoms with Crippen LogP contribution in [0.15, 0.2) is 53.5 Å². The average molecular weight is 542 g/mol. The number of sulfonamides is 1. The molecular weight excluding hydrogens is 506 g/mol. The minimum atomic E-state index is -3.54. The fourth-order valence-electron chi connectivity index (χ4n) is 4.32. The molecule has 2 aliphatic rings. The second-order valence-electron chi connectivity index (χ2n) is 9.96. The quantitative estimate of drug-likeness (QED) is 0.337. The maximum atomic E-state index is 13.5. The molecule has 38 heavy (non-hydrogen) atoms. The van der Waals surface area contributed by atoms with Crippen LogP contribution >= 0.6 is 0 Å². The number of carbonyl (C=O) groups excluding carboxylic acids is 2. The molecule has 0 saturated heterocycles. The van der Waals surface area contributed by atoms with Gasteiger partial charge in [0.15, 0.2) is 12.1 Å². The summed E-state index contributed by atoms with van der Waals surface area (Å²) < 4.78 is 25.6. The lowest BCUT2D eigenvalue weighted by Crippen LogP contribution is -2.53. The van der Waals surface area contributed by atoms with Gasteiger partial charge in [-0.05, 0) is 54.5 Å². The van der Waals surface area contributed by atoms with Gasteiger partial charge in [0.05, 0.1) is 24.5 Å². The number of amides is 2. The van der Waals surface area contributed by atoms with E-state index in [1.807, 2.05) is 30.3 Å². The maximum absolute atomic E-state index is 13.5. The van der Waals surface area contributed by atoms with Crippen LogP contribution in [0, 0.1) is 5.92 Å². The molecule has 2 atom stereocenters. The molecular formula is C27H35N5O5S. The van der Waals surface area contributed by atoms with E-state index in [0.29, 0.717) is 24.7 Å². The highest BCUT2D eigenvalue weighted by molar-refractivity contribution is 7.92. The molecule has 10 nitrogen and oxygen atoms in total. The molecule has 2 amide bonds. The van der Waals surface area contributed by atoms with E-state index in [2.05, 4.69) is 20.9 Å². The number of aliphatic imine (C=N–C) groups is 1. The van der Waals surface area contributed by atoms with Crippen molar-refractivity contribution in [2.45, 2.75) is 44.2 Å². The molecule has 2 aromatic rings. The largest absolute Gasteiger partial charge is 0.381 e. The van der Waals surface area contributed by atoms with Gasteiger partial charge in [0.25, 0.3) is 11.8 Å². The number of guanidine groups is 1. The van der Waals surface area contributed by atoms with Crippen molar-refractivity contribution in [2.75, 3.05) is 30.7 Å².